The van der Waals surface area contributed by atoms with E-state index in [1.807, 2.05) is 0 Å². The summed E-state index contributed by atoms with van der Waals surface area (Å²) in [7, 11) is 0. The summed E-state index contributed by atoms with van der Waals surface area (Å²) in [6.07, 6.45) is 18.3. The van der Waals surface area contributed by atoms with Crippen LogP contribution in [-0.4, -0.2) is 36.5 Å². The molecule has 2 aliphatic rings. The summed E-state index contributed by atoms with van der Waals surface area (Å²) in [5, 5.41) is 8.67. The van der Waals surface area contributed by atoms with E-state index in [1.165, 1.54) is 51.4 Å². The van der Waals surface area contributed by atoms with E-state index in [2.05, 4.69) is 19.1 Å². The molecule has 2 rings (SSSR count). The van der Waals surface area contributed by atoms with Gasteiger partial charge in [0.2, 0.25) is 0 Å². The maximum absolute atomic E-state index is 10.5. The quantitative estimate of drug-likeness (QED) is 0.313. The minimum atomic E-state index is -0.706. The number of fused-ring (bicyclic) bond motifs is 2. The Balaban J connectivity index is 1.60. The highest BCUT2D eigenvalue weighted by molar-refractivity contribution is 5.66. The average Bonchev–Trinajstić information content (AvgIpc) is 3.22. The molecule has 4 heteroatoms. The zero-order valence-electron chi connectivity index (χ0n) is 16.5. The van der Waals surface area contributed by atoms with Crippen LogP contribution in [0.2, 0.25) is 0 Å². The van der Waals surface area contributed by atoms with Gasteiger partial charge < -0.3 is 14.6 Å². The molecule has 2 heterocycles. The molecule has 26 heavy (non-hydrogen) atoms. The number of rotatable bonds is 15. The zero-order valence-corrected chi connectivity index (χ0v) is 16.5. The van der Waals surface area contributed by atoms with Gasteiger partial charge in [-0.25, -0.2) is 0 Å². The third-order valence-corrected chi connectivity index (χ3v) is 5.88. The Morgan fingerprint density at radius 2 is 1.77 bits per heavy atom. The van der Waals surface area contributed by atoms with Gasteiger partial charge in [-0.2, -0.15) is 0 Å². The van der Waals surface area contributed by atoms with Crippen molar-refractivity contribution >= 4 is 5.97 Å². The van der Waals surface area contributed by atoms with Crippen LogP contribution in [0.15, 0.2) is 12.2 Å². The van der Waals surface area contributed by atoms with Crippen molar-refractivity contribution in [2.24, 2.45) is 11.8 Å². The fourth-order valence-electron chi connectivity index (χ4n) is 4.37. The third-order valence-electron chi connectivity index (χ3n) is 5.88. The van der Waals surface area contributed by atoms with E-state index in [0.717, 1.165) is 32.5 Å². The van der Waals surface area contributed by atoms with Crippen molar-refractivity contribution in [2.45, 2.75) is 96.2 Å². The van der Waals surface area contributed by atoms with Gasteiger partial charge in [0.05, 0.1) is 18.8 Å². The number of carboxylic acids is 1. The highest BCUT2D eigenvalue weighted by Crippen LogP contribution is 2.45. The summed E-state index contributed by atoms with van der Waals surface area (Å²) < 4.78 is 12.1. The molecule has 2 saturated heterocycles. The summed E-state index contributed by atoms with van der Waals surface area (Å²) >= 11 is 0. The lowest BCUT2D eigenvalue weighted by Crippen LogP contribution is -2.30. The molecule has 0 amide bonds. The van der Waals surface area contributed by atoms with Gasteiger partial charge in [0.1, 0.15) is 0 Å². The minimum absolute atomic E-state index is 0.260. The maximum atomic E-state index is 10.5. The van der Waals surface area contributed by atoms with Crippen LogP contribution in [-0.2, 0) is 14.3 Å². The van der Waals surface area contributed by atoms with Crippen molar-refractivity contribution in [3.05, 3.63) is 12.2 Å². The SMILES string of the molecule is CCCCCCCCOC[C@H]1[C@@H](C/C=C\CCCC(=O)O)[C@H]2CC[C@@H]1O2. The van der Waals surface area contributed by atoms with E-state index in [-0.39, 0.29) is 6.42 Å². The third kappa shape index (κ3) is 7.40. The van der Waals surface area contributed by atoms with E-state index in [1.54, 1.807) is 0 Å². The zero-order chi connectivity index (χ0) is 18.6. The molecule has 2 bridgehead atoms. The average molecular weight is 367 g/mol. The molecular formula is C22H38O4. The van der Waals surface area contributed by atoms with Gasteiger partial charge in [-0.05, 0) is 44.4 Å². The molecule has 0 aromatic heterocycles. The number of carbonyl (C=O) groups is 1. The van der Waals surface area contributed by atoms with E-state index in [4.69, 9.17) is 14.6 Å². The number of hydrogen-bond acceptors (Lipinski definition) is 3. The molecule has 0 aromatic carbocycles. The van der Waals surface area contributed by atoms with E-state index >= 15 is 0 Å². The largest absolute Gasteiger partial charge is 0.481 e. The lowest BCUT2D eigenvalue weighted by atomic mass is 9.78. The molecule has 150 valence electrons. The minimum Gasteiger partial charge on any atom is -0.481 e. The molecule has 0 radical (unpaired) electrons. The molecule has 0 aliphatic carbocycles. The number of hydrogen-bond donors (Lipinski definition) is 1. The van der Waals surface area contributed by atoms with E-state index < -0.39 is 5.97 Å². The number of aliphatic carboxylic acids is 1. The second kappa shape index (κ2) is 12.5. The van der Waals surface area contributed by atoms with Crippen LogP contribution in [0.1, 0.15) is 84.0 Å². The fraction of sp³-hybridized carbons (Fsp3) is 0.864. The van der Waals surface area contributed by atoms with Crippen molar-refractivity contribution in [2.75, 3.05) is 13.2 Å². The highest BCUT2D eigenvalue weighted by Gasteiger charge is 2.48. The number of unbranched alkanes of at least 4 members (excludes halogenated alkanes) is 6. The lowest BCUT2D eigenvalue weighted by molar-refractivity contribution is -0.137. The second-order valence-corrected chi connectivity index (χ2v) is 7.95. The molecule has 0 saturated carbocycles. The Bertz CT molecular complexity index is 420. The molecule has 2 fully saturated rings. The van der Waals surface area contributed by atoms with Crippen molar-refractivity contribution in [3.8, 4) is 0 Å². The molecule has 2 aliphatic heterocycles. The standard InChI is InChI=1S/C22H38O4/c1-2-3-4-5-8-11-16-25-17-19-18(20-14-15-21(19)26-20)12-9-6-7-10-13-22(23)24/h6,9,18-21H,2-5,7-8,10-17H2,1H3,(H,23,24)/b9-6-/t18-,19+,20-,21+/m1/s1. The Morgan fingerprint density at radius 3 is 2.54 bits per heavy atom. The van der Waals surface area contributed by atoms with Gasteiger partial charge in [-0.1, -0.05) is 51.2 Å². The second-order valence-electron chi connectivity index (χ2n) is 7.95. The fourth-order valence-corrected chi connectivity index (χ4v) is 4.37. The monoisotopic (exact) mass is 366 g/mol. The van der Waals surface area contributed by atoms with Gasteiger partial charge in [-0.3, -0.25) is 4.79 Å². The predicted molar refractivity (Wildman–Crippen MR) is 104 cm³/mol. The van der Waals surface area contributed by atoms with Crippen LogP contribution >= 0.6 is 0 Å². The van der Waals surface area contributed by atoms with Crippen LogP contribution in [0, 0.1) is 11.8 Å². The van der Waals surface area contributed by atoms with Crippen molar-refractivity contribution in [3.63, 3.8) is 0 Å². The van der Waals surface area contributed by atoms with Crippen LogP contribution in [0.25, 0.3) is 0 Å². The molecule has 0 spiro atoms. The summed E-state index contributed by atoms with van der Waals surface area (Å²) in [5.41, 5.74) is 0. The predicted octanol–water partition coefficient (Wildman–Crippen LogP) is 5.36. The van der Waals surface area contributed by atoms with Crippen molar-refractivity contribution < 1.29 is 19.4 Å². The summed E-state index contributed by atoms with van der Waals surface area (Å²) in [5.74, 6) is 0.411. The maximum Gasteiger partial charge on any atom is 0.303 e. The van der Waals surface area contributed by atoms with Gasteiger partial charge in [-0.15, -0.1) is 0 Å². The topological polar surface area (TPSA) is 55.8 Å². The normalized spacial score (nSPS) is 27.6. The van der Waals surface area contributed by atoms with Crippen LogP contribution in [0.3, 0.4) is 0 Å². The lowest BCUT2D eigenvalue weighted by Gasteiger charge is -2.27. The highest BCUT2D eigenvalue weighted by atomic mass is 16.5. The number of allylic oxidation sites excluding steroid dienone is 2. The van der Waals surface area contributed by atoms with Gasteiger partial charge >= 0.3 is 5.97 Å². The number of ether oxygens (including phenoxy) is 2. The molecule has 1 N–H and O–H groups in total. The Hall–Kier alpha value is -0.870. The van der Waals surface area contributed by atoms with Crippen molar-refractivity contribution in [1.82, 2.24) is 0 Å². The van der Waals surface area contributed by atoms with Crippen LogP contribution < -0.4 is 0 Å². The molecule has 0 aromatic rings. The Kier molecular flexibility index (Phi) is 10.3. The first-order valence-corrected chi connectivity index (χ1v) is 10.8. The first kappa shape index (κ1) is 21.4. The van der Waals surface area contributed by atoms with Crippen LogP contribution in [0.5, 0.6) is 0 Å². The van der Waals surface area contributed by atoms with Crippen molar-refractivity contribution in [1.29, 1.82) is 0 Å². The summed E-state index contributed by atoms with van der Waals surface area (Å²) in [4.78, 5) is 10.5. The molecule has 4 atom stereocenters. The molecule has 4 nitrogen and oxygen atoms in total. The Morgan fingerprint density at radius 1 is 1.04 bits per heavy atom. The summed E-state index contributed by atoms with van der Waals surface area (Å²) in [6.45, 7) is 3.98. The van der Waals surface area contributed by atoms with Gasteiger partial charge in [0.15, 0.2) is 0 Å². The van der Waals surface area contributed by atoms with Gasteiger partial charge in [0.25, 0.3) is 0 Å². The first-order chi connectivity index (χ1) is 12.7. The molecular weight excluding hydrogens is 328 g/mol. The van der Waals surface area contributed by atoms with E-state index in [9.17, 15) is 4.79 Å². The van der Waals surface area contributed by atoms with E-state index in [0.29, 0.717) is 24.0 Å². The number of carboxylic acid groups (broad SMARTS) is 1. The first-order valence-electron chi connectivity index (χ1n) is 10.8. The smallest absolute Gasteiger partial charge is 0.303 e. The van der Waals surface area contributed by atoms with Crippen LogP contribution in [0.4, 0.5) is 0 Å². The Labute approximate surface area is 159 Å². The molecule has 0 unspecified atom stereocenters. The van der Waals surface area contributed by atoms with Gasteiger partial charge in [0, 0.05) is 18.9 Å². The summed E-state index contributed by atoms with van der Waals surface area (Å²) in [6, 6.07) is 0.